The monoisotopic (exact) mass is 468 g/mol. The minimum atomic E-state index is -0.751. The number of halogens is 2. The van der Waals surface area contributed by atoms with E-state index in [0.29, 0.717) is 22.8 Å². The smallest absolute Gasteiger partial charge is 0.251 e. The van der Waals surface area contributed by atoms with Gasteiger partial charge in [0.2, 0.25) is 5.95 Å². The van der Waals surface area contributed by atoms with Crippen molar-refractivity contribution in [2.45, 2.75) is 19.4 Å². The van der Waals surface area contributed by atoms with E-state index in [9.17, 15) is 14.3 Å². The van der Waals surface area contributed by atoms with Crippen molar-refractivity contribution >= 4 is 23.4 Å². The largest absolute Gasteiger partial charge is 0.394 e. The molecule has 170 valence electrons. The van der Waals surface area contributed by atoms with Gasteiger partial charge in [0.15, 0.2) is 0 Å². The first-order valence-electron chi connectivity index (χ1n) is 10.3. The molecule has 4 aromatic rings. The highest BCUT2D eigenvalue weighted by Crippen LogP contribution is 2.24. The summed E-state index contributed by atoms with van der Waals surface area (Å²) in [4.78, 5) is 21.6. The molecule has 2 N–H and O–H groups in total. The lowest BCUT2D eigenvalue weighted by molar-refractivity contribution is 0.247. The van der Waals surface area contributed by atoms with E-state index in [0.717, 1.165) is 17.9 Å². The van der Waals surface area contributed by atoms with Gasteiger partial charge >= 0.3 is 0 Å². The molecule has 0 aliphatic rings. The second kappa shape index (κ2) is 9.51. The molecule has 0 spiro atoms. The number of hydrogen-bond donors (Lipinski definition) is 2. The summed E-state index contributed by atoms with van der Waals surface area (Å²) in [5.74, 6) is 0.505. The van der Waals surface area contributed by atoms with Gasteiger partial charge < -0.3 is 15.0 Å². The third-order valence-electron chi connectivity index (χ3n) is 5.27. The van der Waals surface area contributed by atoms with E-state index in [2.05, 4.69) is 20.4 Å². The molecule has 33 heavy (non-hydrogen) atoms. The standard InChI is InChI=1S/C23H22ClFN6O2/c1-3-16-12-21(30(2)29-16)28-23-26-8-6-19(27-23)14-7-9-31(22(33)11-14)20(13-32)15-4-5-17(24)18(25)10-15/h4-12,20,32H,3,13H2,1-2H3,(H,26,27,28). The summed E-state index contributed by atoms with van der Waals surface area (Å²) in [6.07, 6.45) is 3.96. The second-order valence-corrected chi connectivity index (χ2v) is 7.83. The molecule has 0 aliphatic carbocycles. The number of pyridine rings is 1. The predicted octanol–water partition coefficient (Wildman–Crippen LogP) is 3.72. The minimum Gasteiger partial charge on any atom is -0.394 e. The van der Waals surface area contributed by atoms with Crippen LogP contribution in [-0.2, 0) is 13.5 Å². The first-order valence-corrected chi connectivity index (χ1v) is 10.7. The Hall–Kier alpha value is -3.56. The molecule has 1 aromatic carbocycles. The van der Waals surface area contributed by atoms with Crippen LogP contribution in [0.2, 0.25) is 5.02 Å². The molecule has 10 heteroatoms. The number of nitrogens with zero attached hydrogens (tertiary/aromatic N) is 5. The SMILES string of the molecule is CCc1cc(Nc2nccc(-c3ccn(C(CO)c4ccc(Cl)c(F)c4)c(=O)c3)n2)n(C)n1. The van der Waals surface area contributed by atoms with Crippen LogP contribution >= 0.6 is 11.6 Å². The number of benzene rings is 1. The van der Waals surface area contributed by atoms with Gasteiger partial charge in [-0.05, 0) is 36.2 Å². The highest BCUT2D eigenvalue weighted by molar-refractivity contribution is 6.30. The summed E-state index contributed by atoms with van der Waals surface area (Å²) in [5, 5.41) is 17.4. The highest BCUT2D eigenvalue weighted by Gasteiger charge is 2.17. The summed E-state index contributed by atoms with van der Waals surface area (Å²) < 4.78 is 16.9. The molecule has 0 saturated carbocycles. The molecule has 0 aliphatic heterocycles. The zero-order valence-electron chi connectivity index (χ0n) is 18.0. The van der Waals surface area contributed by atoms with Crippen molar-refractivity contribution < 1.29 is 9.50 Å². The average molecular weight is 469 g/mol. The van der Waals surface area contributed by atoms with Crippen molar-refractivity contribution in [3.05, 3.63) is 87.3 Å². The molecule has 1 atom stereocenters. The first kappa shape index (κ1) is 22.6. The number of nitrogens with one attached hydrogen (secondary N) is 1. The van der Waals surface area contributed by atoms with Gasteiger partial charge in [-0.1, -0.05) is 24.6 Å². The summed E-state index contributed by atoms with van der Waals surface area (Å²) >= 11 is 5.75. The maximum atomic E-state index is 13.9. The van der Waals surface area contributed by atoms with E-state index in [1.165, 1.54) is 22.8 Å². The molecule has 0 saturated heterocycles. The van der Waals surface area contributed by atoms with Crippen molar-refractivity contribution in [2.24, 2.45) is 7.05 Å². The van der Waals surface area contributed by atoms with Crippen LogP contribution in [0.15, 0.2) is 59.7 Å². The van der Waals surface area contributed by atoms with E-state index in [1.807, 2.05) is 20.0 Å². The lowest BCUT2D eigenvalue weighted by Crippen LogP contribution is -2.27. The van der Waals surface area contributed by atoms with Gasteiger partial charge in [-0.25, -0.2) is 14.4 Å². The van der Waals surface area contributed by atoms with Gasteiger partial charge in [-0.2, -0.15) is 5.10 Å². The van der Waals surface area contributed by atoms with Crippen LogP contribution in [0.5, 0.6) is 0 Å². The van der Waals surface area contributed by atoms with Gasteiger partial charge in [-0.3, -0.25) is 9.48 Å². The van der Waals surface area contributed by atoms with Crippen molar-refractivity contribution in [1.29, 1.82) is 0 Å². The highest BCUT2D eigenvalue weighted by atomic mass is 35.5. The van der Waals surface area contributed by atoms with Gasteiger partial charge in [0, 0.05) is 37.1 Å². The Bertz CT molecular complexity index is 1350. The minimum absolute atomic E-state index is 0.0247. The fourth-order valence-electron chi connectivity index (χ4n) is 3.49. The number of aliphatic hydroxyl groups is 1. The fourth-order valence-corrected chi connectivity index (χ4v) is 3.61. The number of aliphatic hydroxyl groups excluding tert-OH is 1. The molecule has 3 heterocycles. The maximum Gasteiger partial charge on any atom is 0.251 e. The number of hydrogen-bond acceptors (Lipinski definition) is 6. The quantitative estimate of drug-likeness (QED) is 0.429. The molecule has 0 bridgehead atoms. The van der Waals surface area contributed by atoms with E-state index < -0.39 is 11.9 Å². The summed E-state index contributed by atoms with van der Waals surface area (Å²) in [5.41, 5.74) is 2.14. The Morgan fingerprint density at radius 1 is 1.21 bits per heavy atom. The van der Waals surface area contributed by atoms with Crippen LogP contribution < -0.4 is 10.9 Å². The molecule has 1 unspecified atom stereocenters. The Balaban J connectivity index is 1.62. The Labute approximate surface area is 194 Å². The third kappa shape index (κ3) is 4.79. The number of aryl methyl sites for hydroxylation is 2. The molecular formula is C23H22ClFN6O2. The zero-order valence-corrected chi connectivity index (χ0v) is 18.8. The number of anilines is 2. The molecule has 3 aromatic heterocycles. The predicted molar refractivity (Wildman–Crippen MR) is 124 cm³/mol. The Kier molecular flexibility index (Phi) is 6.52. The Morgan fingerprint density at radius 3 is 2.70 bits per heavy atom. The van der Waals surface area contributed by atoms with Crippen LogP contribution in [0.3, 0.4) is 0 Å². The summed E-state index contributed by atoms with van der Waals surface area (Å²) in [6, 6.07) is 10.2. The molecular weight excluding hydrogens is 447 g/mol. The molecule has 0 radical (unpaired) electrons. The van der Waals surface area contributed by atoms with Crippen molar-refractivity contribution in [2.75, 3.05) is 11.9 Å². The summed E-state index contributed by atoms with van der Waals surface area (Å²) in [6.45, 7) is 1.64. The molecule has 0 fully saturated rings. The fraction of sp³-hybridized carbons (Fsp3) is 0.217. The van der Waals surface area contributed by atoms with Gasteiger partial charge in [-0.15, -0.1) is 0 Å². The van der Waals surface area contributed by atoms with E-state index in [1.54, 1.807) is 35.3 Å². The first-order chi connectivity index (χ1) is 15.9. The second-order valence-electron chi connectivity index (χ2n) is 7.42. The lowest BCUT2D eigenvalue weighted by Gasteiger charge is -2.18. The zero-order chi connectivity index (χ0) is 23.5. The van der Waals surface area contributed by atoms with Crippen molar-refractivity contribution in [3.63, 3.8) is 0 Å². The average Bonchev–Trinajstić information content (AvgIpc) is 3.17. The molecule has 0 amide bonds. The molecule has 4 rings (SSSR count). The van der Waals surface area contributed by atoms with Crippen molar-refractivity contribution in [1.82, 2.24) is 24.3 Å². The Morgan fingerprint density at radius 2 is 2.03 bits per heavy atom. The van der Waals surface area contributed by atoms with Gasteiger partial charge in [0.05, 0.1) is 29.1 Å². The van der Waals surface area contributed by atoms with E-state index >= 15 is 0 Å². The van der Waals surface area contributed by atoms with Crippen LogP contribution in [0.4, 0.5) is 16.2 Å². The normalized spacial score (nSPS) is 12.0. The van der Waals surface area contributed by atoms with Crippen molar-refractivity contribution in [3.8, 4) is 11.3 Å². The van der Waals surface area contributed by atoms with Crippen LogP contribution in [-0.4, -0.2) is 36.0 Å². The molecule has 8 nitrogen and oxygen atoms in total. The number of aromatic nitrogens is 5. The topological polar surface area (TPSA) is 97.9 Å². The van der Waals surface area contributed by atoms with Crippen LogP contribution in [0, 0.1) is 5.82 Å². The summed E-state index contributed by atoms with van der Waals surface area (Å²) in [7, 11) is 1.83. The number of rotatable bonds is 7. The lowest BCUT2D eigenvalue weighted by atomic mass is 10.1. The van der Waals surface area contributed by atoms with E-state index in [4.69, 9.17) is 11.6 Å². The third-order valence-corrected chi connectivity index (χ3v) is 5.58. The maximum absolute atomic E-state index is 13.9. The van der Waals surface area contributed by atoms with Gasteiger partial charge in [0.1, 0.15) is 11.6 Å². The van der Waals surface area contributed by atoms with Crippen LogP contribution in [0.25, 0.3) is 11.3 Å². The van der Waals surface area contributed by atoms with Crippen LogP contribution in [0.1, 0.15) is 24.2 Å². The van der Waals surface area contributed by atoms with E-state index in [-0.39, 0.29) is 17.2 Å². The van der Waals surface area contributed by atoms with Gasteiger partial charge in [0.25, 0.3) is 5.56 Å².